The highest BCUT2D eigenvalue weighted by atomic mass is 16.5. The SMILES string of the molecule is CCOC(=O)c1cc(OC2CCCC2)ccc1NC(=O)C1=Cc2c(C)c(OC(C)=O)c(C)c(C)c2OC1. The van der Waals surface area contributed by atoms with Gasteiger partial charge in [0.15, 0.2) is 0 Å². The highest BCUT2D eigenvalue weighted by Crippen LogP contribution is 2.41. The minimum absolute atomic E-state index is 0.0586. The normalized spacial score (nSPS) is 14.8. The lowest BCUT2D eigenvalue weighted by atomic mass is 9.94. The van der Waals surface area contributed by atoms with Gasteiger partial charge in [0.25, 0.3) is 5.91 Å². The molecule has 1 amide bonds. The third-order valence-corrected chi connectivity index (χ3v) is 6.80. The van der Waals surface area contributed by atoms with Crippen LogP contribution in [0.1, 0.15) is 72.1 Å². The van der Waals surface area contributed by atoms with Crippen molar-refractivity contribution >= 4 is 29.6 Å². The zero-order valence-corrected chi connectivity index (χ0v) is 22.0. The van der Waals surface area contributed by atoms with E-state index in [1.54, 1.807) is 31.2 Å². The van der Waals surface area contributed by atoms with E-state index in [-0.39, 0.29) is 24.9 Å². The van der Waals surface area contributed by atoms with E-state index in [9.17, 15) is 14.4 Å². The lowest BCUT2D eigenvalue weighted by Gasteiger charge is -2.24. The second-order valence-corrected chi connectivity index (χ2v) is 9.41. The lowest BCUT2D eigenvalue weighted by molar-refractivity contribution is -0.132. The van der Waals surface area contributed by atoms with Crippen molar-refractivity contribution in [1.29, 1.82) is 0 Å². The maximum Gasteiger partial charge on any atom is 0.340 e. The quantitative estimate of drug-likeness (QED) is 0.393. The molecule has 1 aliphatic heterocycles. The number of hydrogen-bond acceptors (Lipinski definition) is 7. The number of ether oxygens (including phenoxy) is 4. The molecule has 0 unspecified atom stereocenters. The van der Waals surface area contributed by atoms with Gasteiger partial charge in [-0.05, 0) is 88.8 Å². The molecule has 0 radical (unpaired) electrons. The van der Waals surface area contributed by atoms with Crippen LogP contribution in [-0.4, -0.2) is 37.2 Å². The van der Waals surface area contributed by atoms with Crippen LogP contribution in [0.5, 0.6) is 17.2 Å². The van der Waals surface area contributed by atoms with Gasteiger partial charge >= 0.3 is 11.9 Å². The summed E-state index contributed by atoms with van der Waals surface area (Å²) in [5, 5.41) is 2.83. The fraction of sp³-hybridized carbons (Fsp3) is 0.414. The van der Waals surface area contributed by atoms with E-state index < -0.39 is 17.8 Å². The number of fused-ring (bicyclic) bond motifs is 1. The zero-order valence-electron chi connectivity index (χ0n) is 22.0. The predicted octanol–water partition coefficient (Wildman–Crippen LogP) is 5.45. The van der Waals surface area contributed by atoms with Crippen LogP contribution < -0.4 is 19.5 Å². The van der Waals surface area contributed by atoms with Crippen LogP contribution in [0.3, 0.4) is 0 Å². The average Bonchev–Trinajstić information content (AvgIpc) is 3.39. The molecular formula is C29H33NO7. The molecular weight excluding hydrogens is 474 g/mol. The molecule has 2 aliphatic rings. The minimum Gasteiger partial charge on any atom is -0.490 e. The molecule has 2 aromatic carbocycles. The highest BCUT2D eigenvalue weighted by molar-refractivity contribution is 6.10. The first kappa shape index (κ1) is 26.3. The van der Waals surface area contributed by atoms with Gasteiger partial charge in [0, 0.05) is 18.1 Å². The van der Waals surface area contributed by atoms with E-state index in [0.29, 0.717) is 39.6 Å². The molecule has 196 valence electrons. The van der Waals surface area contributed by atoms with Gasteiger partial charge < -0.3 is 24.3 Å². The maximum absolute atomic E-state index is 13.3. The van der Waals surface area contributed by atoms with Crippen molar-refractivity contribution in [3.05, 3.63) is 51.6 Å². The van der Waals surface area contributed by atoms with Crippen LogP contribution in [0.4, 0.5) is 5.69 Å². The summed E-state index contributed by atoms with van der Waals surface area (Å²) in [4.78, 5) is 37.6. The molecule has 0 saturated heterocycles. The Morgan fingerprint density at radius 3 is 2.46 bits per heavy atom. The van der Waals surface area contributed by atoms with Crippen molar-refractivity contribution in [3.63, 3.8) is 0 Å². The zero-order chi connectivity index (χ0) is 26.7. The summed E-state index contributed by atoms with van der Waals surface area (Å²) in [6, 6.07) is 5.03. The Morgan fingerprint density at radius 1 is 1.05 bits per heavy atom. The third kappa shape index (κ3) is 5.63. The van der Waals surface area contributed by atoms with Crippen LogP contribution in [0.15, 0.2) is 23.8 Å². The number of hydrogen-bond donors (Lipinski definition) is 1. The number of rotatable bonds is 7. The first-order valence-electron chi connectivity index (χ1n) is 12.6. The van der Waals surface area contributed by atoms with Crippen molar-refractivity contribution in [1.82, 2.24) is 0 Å². The maximum atomic E-state index is 13.3. The monoisotopic (exact) mass is 507 g/mol. The summed E-state index contributed by atoms with van der Waals surface area (Å²) in [7, 11) is 0. The summed E-state index contributed by atoms with van der Waals surface area (Å²) < 4.78 is 22.7. The van der Waals surface area contributed by atoms with Crippen LogP contribution in [-0.2, 0) is 14.3 Å². The van der Waals surface area contributed by atoms with Crippen LogP contribution >= 0.6 is 0 Å². The van der Waals surface area contributed by atoms with Crippen molar-refractivity contribution in [2.75, 3.05) is 18.5 Å². The summed E-state index contributed by atoms with van der Waals surface area (Å²) in [5.41, 5.74) is 3.96. The minimum atomic E-state index is -0.540. The van der Waals surface area contributed by atoms with E-state index in [2.05, 4.69) is 5.32 Å². The first-order valence-corrected chi connectivity index (χ1v) is 12.6. The Hall–Kier alpha value is -3.81. The third-order valence-electron chi connectivity index (χ3n) is 6.80. The Bertz CT molecular complexity index is 1270. The molecule has 37 heavy (non-hydrogen) atoms. The lowest BCUT2D eigenvalue weighted by Crippen LogP contribution is -2.23. The second kappa shape index (κ2) is 11.1. The fourth-order valence-corrected chi connectivity index (χ4v) is 4.75. The highest BCUT2D eigenvalue weighted by Gasteiger charge is 2.26. The molecule has 1 fully saturated rings. The smallest absolute Gasteiger partial charge is 0.340 e. The van der Waals surface area contributed by atoms with Crippen LogP contribution in [0.25, 0.3) is 6.08 Å². The summed E-state index contributed by atoms with van der Waals surface area (Å²) >= 11 is 0. The molecule has 0 spiro atoms. The Balaban J connectivity index is 1.63. The van der Waals surface area contributed by atoms with Gasteiger partial charge in [-0.3, -0.25) is 9.59 Å². The molecule has 1 saturated carbocycles. The predicted molar refractivity (Wildman–Crippen MR) is 139 cm³/mol. The van der Waals surface area contributed by atoms with Gasteiger partial charge in [-0.25, -0.2) is 4.79 Å². The number of carbonyl (C=O) groups excluding carboxylic acids is 3. The van der Waals surface area contributed by atoms with Crippen LogP contribution in [0.2, 0.25) is 0 Å². The Kier molecular flexibility index (Phi) is 7.86. The number of benzene rings is 2. The summed E-state index contributed by atoms with van der Waals surface area (Å²) in [5.74, 6) is 0.322. The number of anilines is 1. The van der Waals surface area contributed by atoms with Gasteiger partial charge in [0.05, 0.1) is 29.5 Å². The fourth-order valence-electron chi connectivity index (χ4n) is 4.75. The Morgan fingerprint density at radius 2 is 1.78 bits per heavy atom. The first-order chi connectivity index (χ1) is 17.7. The molecule has 1 heterocycles. The molecule has 1 N–H and O–H groups in total. The summed E-state index contributed by atoms with van der Waals surface area (Å²) in [6.07, 6.45) is 6.10. The van der Waals surface area contributed by atoms with Gasteiger partial charge in [-0.1, -0.05) is 0 Å². The van der Waals surface area contributed by atoms with Crippen molar-refractivity contribution in [3.8, 4) is 17.2 Å². The molecule has 1 aliphatic carbocycles. The number of amides is 1. The molecule has 2 aromatic rings. The molecule has 8 nitrogen and oxygen atoms in total. The molecule has 0 aromatic heterocycles. The van der Waals surface area contributed by atoms with E-state index in [0.717, 1.165) is 36.8 Å². The van der Waals surface area contributed by atoms with Gasteiger partial charge in [-0.2, -0.15) is 0 Å². The van der Waals surface area contributed by atoms with Crippen molar-refractivity contribution in [2.24, 2.45) is 0 Å². The van der Waals surface area contributed by atoms with Crippen molar-refractivity contribution in [2.45, 2.75) is 66.4 Å². The van der Waals surface area contributed by atoms with E-state index >= 15 is 0 Å². The standard InChI is InChI=1S/C29H33NO7/c1-6-34-29(33)24-14-22(37-21-9-7-8-10-21)11-12-25(24)30-28(32)20-13-23-18(4)26(36-19(5)31)16(2)17(3)27(23)35-15-20/h11-14,21H,6-10,15H2,1-5H3,(H,30,32). The summed E-state index contributed by atoms with van der Waals surface area (Å²) in [6.45, 7) is 8.93. The number of carbonyl (C=O) groups is 3. The van der Waals surface area contributed by atoms with Gasteiger partial charge in [0.1, 0.15) is 23.9 Å². The van der Waals surface area contributed by atoms with Crippen LogP contribution in [0, 0.1) is 20.8 Å². The van der Waals surface area contributed by atoms with E-state index in [1.165, 1.54) is 6.92 Å². The van der Waals surface area contributed by atoms with E-state index in [4.69, 9.17) is 18.9 Å². The topological polar surface area (TPSA) is 100 Å². The van der Waals surface area contributed by atoms with E-state index in [1.807, 2.05) is 20.8 Å². The molecule has 0 atom stereocenters. The largest absolute Gasteiger partial charge is 0.490 e. The average molecular weight is 508 g/mol. The molecule has 4 rings (SSSR count). The Labute approximate surface area is 216 Å². The molecule has 0 bridgehead atoms. The van der Waals surface area contributed by atoms with Gasteiger partial charge in [0.2, 0.25) is 0 Å². The number of esters is 2. The van der Waals surface area contributed by atoms with Crippen molar-refractivity contribution < 1.29 is 33.3 Å². The second-order valence-electron chi connectivity index (χ2n) is 9.41. The van der Waals surface area contributed by atoms with Gasteiger partial charge in [-0.15, -0.1) is 0 Å². The number of nitrogens with one attached hydrogen (secondary N) is 1. The molecule has 8 heteroatoms.